The van der Waals surface area contributed by atoms with E-state index in [0.29, 0.717) is 0 Å². The molecule has 1 fully saturated rings. The Morgan fingerprint density at radius 2 is 2.08 bits per heavy atom. The van der Waals surface area contributed by atoms with Gasteiger partial charge in [0, 0.05) is 6.04 Å². The molecule has 0 aromatic carbocycles. The molecule has 0 amide bonds. The summed E-state index contributed by atoms with van der Waals surface area (Å²) in [6.45, 7) is 5.84. The van der Waals surface area contributed by atoms with Crippen LogP contribution in [-0.2, 0) is 0 Å². The predicted octanol–water partition coefficient (Wildman–Crippen LogP) is 1.99. The van der Waals surface area contributed by atoms with Crippen molar-refractivity contribution in [3.05, 3.63) is 0 Å². The molecule has 0 saturated carbocycles. The number of rotatable bonds is 5. The second-order valence-corrected chi connectivity index (χ2v) is 4.23. The normalized spacial score (nSPS) is 24.9. The highest BCUT2D eigenvalue weighted by Crippen LogP contribution is 2.16. The van der Waals surface area contributed by atoms with Gasteiger partial charge in [-0.05, 0) is 52.2 Å². The van der Waals surface area contributed by atoms with Gasteiger partial charge in [-0.3, -0.25) is 0 Å². The van der Waals surface area contributed by atoms with Gasteiger partial charge in [0.05, 0.1) is 0 Å². The highest BCUT2D eigenvalue weighted by atomic mass is 15.1. The van der Waals surface area contributed by atoms with Gasteiger partial charge in [-0.25, -0.2) is 0 Å². The first-order valence-electron chi connectivity index (χ1n) is 5.78. The van der Waals surface area contributed by atoms with Gasteiger partial charge in [0.1, 0.15) is 0 Å². The minimum Gasteiger partial charge on any atom is -0.330 e. The van der Waals surface area contributed by atoms with E-state index in [4.69, 9.17) is 5.73 Å². The summed E-state index contributed by atoms with van der Waals surface area (Å²) in [5.41, 5.74) is 5.46. The van der Waals surface area contributed by atoms with Gasteiger partial charge < -0.3 is 10.6 Å². The Bertz CT molecular complexity index is 125. The lowest BCUT2D eigenvalue weighted by Gasteiger charge is -2.33. The van der Waals surface area contributed by atoms with Gasteiger partial charge in [-0.2, -0.15) is 0 Å². The van der Waals surface area contributed by atoms with Gasteiger partial charge in [0.2, 0.25) is 0 Å². The van der Waals surface area contributed by atoms with Crippen LogP contribution in [0.3, 0.4) is 0 Å². The Labute approximate surface area is 82.5 Å². The van der Waals surface area contributed by atoms with E-state index in [2.05, 4.69) is 11.8 Å². The summed E-state index contributed by atoms with van der Waals surface area (Å²) >= 11 is 0. The molecule has 2 nitrogen and oxygen atoms in total. The first kappa shape index (κ1) is 11.0. The summed E-state index contributed by atoms with van der Waals surface area (Å²) in [5.74, 6) is 0. The van der Waals surface area contributed by atoms with Gasteiger partial charge in [0.25, 0.3) is 0 Å². The monoisotopic (exact) mass is 184 g/mol. The molecular formula is C11H24N2. The predicted molar refractivity (Wildman–Crippen MR) is 57.8 cm³/mol. The van der Waals surface area contributed by atoms with Gasteiger partial charge >= 0.3 is 0 Å². The summed E-state index contributed by atoms with van der Waals surface area (Å²) in [4.78, 5) is 2.64. The molecule has 1 saturated heterocycles. The van der Waals surface area contributed by atoms with E-state index in [1.807, 2.05) is 0 Å². The average Bonchev–Trinajstić information content (AvgIpc) is 2.15. The highest BCUT2D eigenvalue weighted by Gasteiger charge is 2.16. The molecule has 0 aromatic heterocycles. The van der Waals surface area contributed by atoms with E-state index in [9.17, 15) is 0 Å². The number of likely N-dealkylation sites (tertiary alicyclic amines) is 1. The SMILES string of the molecule is C[C@H]1CCCCN1CCCCCN. The van der Waals surface area contributed by atoms with Crippen molar-refractivity contribution in [2.45, 2.75) is 51.5 Å². The maximum Gasteiger partial charge on any atom is 0.00669 e. The van der Waals surface area contributed by atoms with Gasteiger partial charge in [0.15, 0.2) is 0 Å². The van der Waals surface area contributed by atoms with Crippen molar-refractivity contribution in [1.82, 2.24) is 4.90 Å². The molecule has 1 aliphatic rings. The second kappa shape index (κ2) is 6.39. The fourth-order valence-electron chi connectivity index (χ4n) is 2.13. The van der Waals surface area contributed by atoms with Crippen molar-refractivity contribution in [3.8, 4) is 0 Å². The Morgan fingerprint density at radius 3 is 2.77 bits per heavy atom. The summed E-state index contributed by atoms with van der Waals surface area (Å²) in [5, 5.41) is 0. The van der Waals surface area contributed by atoms with Crippen molar-refractivity contribution in [1.29, 1.82) is 0 Å². The summed E-state index contributed by atoms with van der Waals surface area (Å²) in [6.07, 6.45) is 8.07. The zero-order chi connectivity index (χ0) is 9.52. The Balaban J connectivity index is 2.05. The first-order chi connectivity index (χ1) is 6.34. The number of piperidine rings is 1. The third-order valence-electron chi connectivity index (χ3n) is 3.09. The zero-order valence-corrected chi connectivity index (χ0v) is 8.97. The summed E-state index contributed by atoms with van der Waals surface area (Å²) in [6, 6.07) is 0.826. The molecule has 1 heterocycles. The third-order valence-corrected chi connectivity index (χ3v) is 3.09. The van der Waals surface area contributed by atoms with Crippen LogP contribution >= 0.6 is 0 Å². The van der Waals surface area contributed by atoms with E-state index in [0.717, 1.165) is 12.6 Å². The maximum absolute atomic E-state index is 5.46. The van der Waals surface area contributed by atoms with E-state index in [1.165, 1.54) is 51.6 Å². The van der Waals surface area contributed by atoms with Crippen molar-refractivity contribution in [2.24, 2.45) is 5.73 Å². The third kappa shape index (κ3) is 4.10. The lowest BCUT2D eigenvalue weighted by molar-refractivity contribution is 0.158. The average molecular weight is 184 g/mol. The summed E-state index contributed by atoms with van der Waals surface area (Å²) < 4.78 is 0. The van der Waals surface area contributed by atoms with E-state index < -0.39 is 0 Å². The van der Waals surface area contributed by atoms with Crippen LogP contribution in [-0.4, -0.2) is 30.6 Å². The van der Waals surface area contributed by atoms with Crippen molar-refractivity contribution < 1.29 is 0 Å². The molecule has 0 spiro atoms. The molecule has 1 atom stereocenters. The Morgan fingerprint density at radius 1 is 1.23 bits per heavy atom. The molecule has 2 heteroatoms. The topological polar surface area (TPSA) is 29.3 Å². The molecule has 1 aliphatic heterocycles. The smallest absolute Gasteiger partial charge is 0.00669 e. The molecule has 2 N–H and O–H groups in total. The quantitative estimate of drug-likeness (QED) is 0.662. The molecule has 0 aromatic rings. The number of hydrogen-bond donors (Lipinski definition) is 1. The zero-order valence-electron chi connectivity index (χ0n) is 8.97. The fourth-order valence-corrected chi connectivity index (χ4v) is 2.13. The molecule has 0 aliphatic carbocycles. The van der Waals surface area contributed by atoms with E-state index in [-0.39, 0.29) is 0 Å². The second-order valence-electron chi connectivity index (χ2n) is 4.23. The minimum absolute atomic E-state index is 0.826. The number of nitrogens with zero attached hydrogens (tertiary/aromatic N) is 1. The van der Waals surface area contributed by atoms with Crippen LogP contribution in [0, 0.1) is 0 Å². The molecule has 0 bridgehead atoms. The van der Waals surface area contributed by atoms with Crippen LogP contribution in [0.1, 0.15) is 45.4 Å². The molecule has 1 rings (SSSR count). The number of unbranched alkanes of at least 4 members (excludes halogenated alkanes) is 2. The number of nitrogens with two attached hydrogens (primary N) is 1. The van der Waals surface area contributed by atoms with Crippen LogP contribution in [0.25, 0.3) is 0 Å². The highest BCUT2D eigenvalue weighted by molar-refractivity contribution is 4.72. The van der Waals surface area contributed by atoms with Crippen LogP contribution in [0.15, 0.2) is 0 Å². The summed E-state index contributed by atoms with van der Waals surface area (Å²) in [7, 11) is 0. The van der Waals surface area contributed by atoms with Crippen LogP contribution in [0.5, 0.6) is 0 Å². The maximum atomic E-state index is 5.46. The molecule has 13 heavy (non-hydrogen) atoms. The molecule has 0 unspecified atom stereocenters. The van der Waals surface area contributed by atoms with Gasteiger partial charge in [-0.1, -0.05) is 12.8 Å². The largest absolute Gasteiger partial charge is 0.330 e. The van der Waals surface area contributed by atoms with Gasteiger partial charge in [-0.15, -0.1) is 0 Å². The lowest BCUT2D eigenvalue weighted by Crippen LogP contribution is -2.37. The minimum atomic E-state index is 0.826. The fraction of sp³-hybridized carbons (Fsp3) is 1.00. The molecule has 0 radical (unpaired) electrons. The lowest BCUT2D eigenvalue weighted by atomic mass is 10.0. The van der Waals surface area contributed by atoms with Crippen LogP contribution in [0.2, 0.25) is 0 Å². The Hall–Kier alpha value is -0.0800. The first-order valence-corrected chi connectivity index (χ1v) is 5.78. The van der Waals surface area contributed by atoms with E-state index in [1.54, 1.807) is 0 Å². The van der Waals surface area contributed by atoms with Crippen molar-refractivity contribution >= 4 is 0 Å². The molecule has 78 valence electrons. The Kier molecular flexibility index (Phi) is 5.40. The van der Waals surface area contributed by atoms with Crippen molar-refractivity contribution in [3.63, 3.8) is 0 Å². The van der Waals surface area contributed by atoms with Crippen LogP contribution in [0.4, 0.5) is 0 Å². The standard InChI is InChI=1S/C11H24N2/c1-11-7-3-6-10-13(11)9-5-2-4-8-12/h11H,2-10,12H2,1H3/t11-/m0/s1. The van der Waals surface area contributed by atoms with E-state index >= 15 is 0 Å². The van der Waals surface area contributed by atoms with Crippen molar-refractivity contribution in [2.75, 3.05) is 19.6 Å². The van der Waals surface area contributed by atoms with Crippen LogP contribution < -0.4 is 5.73 Å². The number of hydrogen-bond acceptors (Lipinski definition) is 2. The molecular weight excluding hydrogens is 160 g/mol.